The Hall–Kier alpha value is -1.93. The van der Waals surface area contributed by atoms with E-state index in [1.807, 2.05) is 0 Å². The summed E-state index contributed by atoms with van der Waals surface area (Å²) in [6.45, 7) is 4.70. The number of carbonyl (C=O) groups is 3. The first-order valence-electron chi connectivity index (χ1n) is 6.86. The van der Waals surface area contributed by atoms with Gasteiger partial charge < -0.3 is 9.84 Å². The van der Waals surface area contributed by atoms with E-state index in [-0.39, 0.29) is 6.61 Å². The summed E-state index contributed by atoms with van der Waals surface area (Å²) in [5.41, 5.74) is 0. The molecule has 0 spiro atoms. The molecule has 1 heterocycles. The van der Waals surface area contributed by atoms with Crippen molar-refractivity contribution in [3.05, 3.63) is 17.5 Å². The van der Waals surface area contributed by atoms with Gasteiger partial charge in [-0.2, -0.15) is 0 Å². The molecule has 1 aromatic heterocycles. The number of amides is 1. The minimum atomic E-state index is -1.10. The Kier molecular flexibility index (Phi) is 7.00. The first-order valence-corrected chi connectivity index (χ1v) is 7.74. The Bertz CT molecular complexity index is 517. The zero-order valence-electron chi connectivity index (χ0n) is 12.7. The summed E-state index contributed by atoms with van der Waals surface area (Å²) in [4.78, 5) is 36.2. The van der Waals surface area contributed by atoms with Crippen molar-refractivity contribution >= 4 is 34.2 Å². The van der Waals surface area contributed by atoms with Crippen LogP contribution in [0.15, 0.2) is 17.5 Å². The number of anilines is 1. The fraction of sp³-hybridized carbons (Fsp3) is 0.500. The third kappa shape index (κ3) is 5.12. The molecule has 0 radical (unpaired) electrons. The Balaban J connectivity index is 2.76. The van der Waals surface area contributed by atoms with Crippen LogP contribution in [0, 0.1) is 0 Å². The van der Waals surface area contributed by atoms with Crippen LogP contribution >= 0.6 is 11.3 Å². The summed E-state index contributed by atoms with van der Waals surface area (Å²) in [7, 11) is 0. The lowest BCUT2D eigenvalue weighted by Gasteiger charge is -2.25. The lowest BCUT2D eigenvalue weighted by molar-refractivity contribution is -0.145. The lowest BCUT2D eigenvalue weighted by Crippen LogP contribution is -2.51. The van der Waals surface area contributed by atoms with E-state index in [1.165, 1.54) is 16.2 Å². The molecule has 0 saturated carbocycles. The number of ether oxygens (including phenoxy) is 1. The van der Waals surface area contributed by atoms with Gasteiger partial charge in [0.15, 0.2) is 0 Å². The molecule has 1 unspecified atom stereocenters. The van der Waals surface area contributed by atoms with Crippen molar-refractivity contribution < 1.29 is 24.2 Å². The molecule has 0 aliphatic rings. The third-order valence-corrected chi connectivity index (χ3v) is 3.73. The molecule has 2 atom stereocenters. The van der Waals surface area contributed by atoms with Crippen LogP contribution in [0.3, 0.4) is 0 Å². The van der Waals surface area contributed by atoms with E-state index in [0.717, 1.165) is 0 Å². The van der Waals surface area contributed by atoms with Crippen molar-refractivity contribution in [2.45, 2.75) is 32.9 Å². The van der Waals surface area contributed by atoms with Crippen LogP contribution in [0.1, 0.15) is 20.8 Å². The van der Waals surface area contributed by atoms with Gasteiger partial charge in [0.05, 0.1) is 17.6 Å². The molecule has 8 heteroatoms. The first kappa shape index (κ1) is 18.1. The molecule has 0 aliphatic carbocycles. The normalized spacial score (nSPS) is 13.2. The van der Waals surface area contributed by atoms with Crippen LogP contribution in [0.4, 0.5) is 5.00 Å². The Morgan fingerprint density at radius 3 is 2.55 bits per heavy atom. The maximum absolute atomic E-state index is 12.4. The van der Waals surface area contributed by atoms with Gasteiger partial charge in [-0.1, -0.05) is 0 Å². The summed E-state index contributed by atoms with van der Waals surface area (Å²) in [5, 5.41) is 14.1. The standard InChI is InChI=1S/C14H20N2O5S/c1-4-21-14(20)10(3)15-9(2)13(19)16(8-12(17)18)11-6-5-7-22-11/h5-7,9-10,15H,4,8H2,1-3H3,(H,17,18)/t9-,10?/m0/s1. The monoisotopic (exact) mass is 328 g/mol. The summed E-state index contributed by atoms with van der Waals surface area (Å²) >= 11 is 1.27. The average Bonchev–Trinajstić information content (AvgIpc) is 2.97. The molecular weight excluding hydrogens is 308 g/mol. The van der Waals surface area contributed by atoms with Gasteiger partial charge in [-0.3, -0.25) is 24.6 Å². The number of hydrogen-bond acceptors (Lipinski definition) is 6. The van der Waals surface area contributed by atoms with Crippen LogP contribution in [0.5, 0.6) is 0 Å². The minimum Gasteiger partial charge on any atom is -0.480 e. The number of carboxylic acids is 1. The van der Waals surface area contributed by atoms with Crippen molar-refractivity contribution in [2.24, 2.45) is 0 Å². The van der Waals surface area contributed by atoms with Crippen molar-refractivity contribution in [3.63, 3.8) is 0 Å². The topological polar surface area (TPSA) is 95.9 Å². The van der Waals surface area contributed by atoms with Gasteiger partial charge in [0.25, 0.3) is 0 Å². The Labute approximate surface area is 132 Å². The van der Waals surface area contributed by atoms with Crippen LogP contribution < -0.4 is 10.2 Å². The molecule has 2 N–H and O–H groups in total. The van der Waals surface area contributed by atoms with Gasteiger partial charge >= 0.3 is 11.9 Å². The van der Waals surface area contributed by atoms with Gasteiger partial charge in [0.1, 0.15) is 12.6 Å². The minimum absolute atomic E-state index is 0.257. The van der Waals surface area contributed by atoms with Gasteiger partial charge in [0, 0.05) is 0 Å². The van der Waals surface area contributed by atoms with Crippen molar-refractivity contribution in [3.8, 4) is 0 Å². The third-order valence-electron chi connectivity index (χ3n) is 2.84. The van der Waals surface area contributed by atoms with Gasteiger partial charge in [-0.15, -0.1) is 11.3 Å². The molecule has 7 nitrogen and oxygen atoms in total. The van der Waals surface area contributed by atoms with E-state index in [0.29, 0.717) is 5.00 Å². The van der Waals surface area contributed by atoms with E-state index < -0.39 is 36.5 Å². The Morgan fingerprint density at radius 2 is 2.05 bits per heavy atom. The second kappa shape index (κ2) is 8.50. The van der Waals surface area contributed by atoms with Gasteiger partial charge in [0.2, 0.25) is 5.91 Å². The molecule has 0 fully saturated rings. The highest BCUT2D eigenvalue weighted by Gasteiger charge is 2.27. The summed E-state index contributed by atoms with van der Waals surface area (Å²) in [6.07, 6.45) is 0. The van der Waals surface area contributed by atoms with Crippen molar-refractivity contribution in [2.75, 3.05) is 18.1 Å². The molecule has 1 aromatic rings. The molecule has 0 aliphatic heterocycles. The summed E-state index contributed by atoms with van der Waals surface area (Å²) in [5.74, 6) is -1.98. The average molecular weight is 328 g/mol. The molecule has 0 saturated heterocycles. The first-order chi connectivity index (χ1) is 10.4. The predicted molar refractivity (Wildman–Crippen MR) is 83.0 cm³/mol. The van der Waals surface area contributed by atoms with Crippen LogP contribution in [0.2, 0.25) is 0 Å². The molecule has 1 amide bonds. The maximum atomic E-state index is 12.4. The molecule has 0 aromatic carbocycles. The molecule has 0 bridgehead atoms. The largest absolute Gasteiger partial charge is 0.480 e. The molecule has 1 rings (SSSR count). The highest BCUT2D eigenvalue weighted by molar-refractivity contribution is 7.14. The van der Waals surface area contributed by atoms with E-state index in [4.69, 9.17) is 9.84 Å². The number of nitrogens with one attached hydrogen (secondary N) is 1. The highest BCUT2D eigenvalue weighted by atomic mass is 32.1. The number of nitrogens with zero attached hydrogens (tertiary/aromatic N) is 1. The number of rotatable bonds is 8. The number of thiophene rings is 1. The van der Waals surface area contributed by atoms with E-state index in [9.17, 15) is 14.4 Å². The second-order valence-electron chi connectivity index (χ2n) is 4.63. The summed E-state index contributed by atoms with van der Waals surface area (Å²) in [6, 6.07) is 2.03. The number of aliphatic carboxylic acids is 1. The van der Waals surface area contributed by atoms with E-state index in [1.54, 1.807) is 38.3 Å². The summed E-state index contributed by atoms with van der Waals surface area (Å²) < 4.78 is 4.86. The molecule has 122 valence electrons. The zero-order valence-corrected chi connectivity index (χ0v) is 13.6. The van der Waals surface area contributed by atoms with Crippen LogP contribution in [-0.2, 0) is 19.1 Å². The van der Waals surface area contributed by atoms with Crippen molar-refractivity contribution in [1.82, 2.24) is 5.32 Å². The fourth-order valence-electron chi connectivity index (χ4n) is 1.84. The lowest BCUT2D eigenvalue weighted by atomic mass is 10.2. The number of carboxylic acid groups (broad SMARTS) is 1. The van der Waals surface area contributed by atoms with Crippen molar-refractivity contribution in [1.29, 1.82) is 0 Å². The number of carbonyl (C=O) groups excluding carboxylic acids is 2. The highest BCUT2D eigenvalue weighted by Crippen LogP contribution is 2.21. The Morgan fingerprint density at radius 1 is 1.36 bits per heavy atom. The van der Waals surface area contributed by atoms with Crippen LogP contribution in [0.25, 0.3) is 0 Å². The second-order valence-corrected chi connectivity index (χ2v) is 5.56. The number of hydrogen-bond donors (Lipinski definition) is 2. The SMILES string of the molecule is CCOC(=O)C(C)N[C@@H](C)C(=O)N(CC(=O)O)c1cccs1. The van der Waals surface area contributed by atoms with E-state index in [2.05, 4.69) is 5.32 Å². The molecular formula is C14H20N2O5S. The number of esters is 1. The molecule has 22 heavy (non-hydrogen) atoms. The maximum Gasteiger partial charge on any atom is 0.323 e. The predicted octanol–water partition coefficient (Wildman–Crippen LogP) is 1.10. The van der Waals surface area contributed by atoms with E-state index >= 15 is 0 Å². The zero-order chi connectivity index (χ0) is 16.7. The smallest absolute Gasteiger partial charge is 0.323 e. The van der Waals surface area contributed by atoms with Crippen LogP contribution in [-0.4, -0.2) is 48.2 Å². The quantitative estimate of drug-likeness (QED) is 0.694. The van der Waals surface area contributed by atoms with Gasteiger partial charge in [-0.25, -0.2) is 0 Å². The van der Waals surface area contributed by atoms with Gasteiger partial charge in [-0.05, 0) is 38.3 Å². The fourth-order valence-corrected chi connectivity index (χ4v) is 2.57.